The monoisotopic (exact) mass is 256 g/mol. The fraction of sp³-hybridized carbons (Fsp3) is 0.273. The van der Waals surface area contributed by atoms with Crippen LogP contribution in [0.1, 0.15) is 11.4 Å². The van der Waals surface area contributed by atoms with Gasteiger partial charge in [0.15, 0.2) is 5.82 Å². The van der Waals surface area contributed by atoms with Crippen LogP contribution in [-0.2, 0) is 19.8 Å². The zero-order chi connectivity index (χ0) is 13.2. The van der Waals surface area contributed by atoms with Crippen molar-refractivity contribution >= 4 is 5.69 Å². The van der Waals surface area contributed by atoms with Crippen LogP contribution < -0.4 is 5.32 Å². The molecule has 0 unspecified atom stereocenters. The second kappa shape index (κ2) is 4.67. The first kappa shape index (κ1) is 12.4. The van der Waals surface area contributed by atoms with Crippen molar-refractivity contribution < 1.29 is 13.2 Å². The van der Waals surface area contributed by atoms with Gasteiger partial charge in [-0.05, 0) is 12.1 Å². The van der Waals surface area contributed by atoms with Crippen molar-refractivity contribution in [3.63, 3.8) is 0 Å². The predicted octanol–water partition coefficient (Wildman–Crippen LogP) is 2.45. The zero-order valence-electron chi connectivity index (χ0n) is 9.57. The maximum Gasteiger partial charge on any atom is 0.418 e. The molecule has 0 amide bonds. The van der Waals surface area contributed by atoms with Crippen LogP contribution in [0.3, 0.4) is 0 Å². The topological polar surface area (TPSA) is 42.7 Å². The van der Waals surface area contributed by atoms with Gasteiger partial charge in [0, 0.05) is 12.7 Å². The molecular formula is C11H11F3N4. The quantitative estimate of drug-likeness (QED) is 0.917. The SMILES string of the molecule is Cn1cnnc1CNc1ccccc1C(F)(F)F. The van der Waals surface area contributed by atoms with E-state index in [1.807, 2.05) is 0 Å². The molecule has 0 radical (unpaired) electrons. The number of hydrogen-bond donors (Lipinski definition) is 1. The average molecular weight is 256 g/mol. The highest BCUT2D eigenvalue weighted by molar-refractivity contribution is 5.52. The largest absolute Gasteiger partial charge is 0.418 e. The lowest BCUT2D eigenvalue weighted by Gasteiger charge is -2.13. The molecule has 1 aromatic carbocycles. The average Bonchev–Trinajstić information content (AvgIpc) is 2.71. The van der Waals surface area contributed by atoms with Crippen molar-refractivity contribution in [1.29, 1.82) is 0 Å². The van der Waals surface area contributed by atoms with Crippen molar-refractivity contribution in [3.05, 3.63) is 42.0 Å². The van der Waals surface area contributed by atoms with Crippen LogP contribution in [0.5, 0.6) is 0 Å². The summed E-state index contributed by atoms with van der Waals surface area (Å²) in [6.07, 6.45) is -2.88. The van der Waals surface area contributed by atoms with E-state index >= 15 is 0 Å². The Labute approximate surface area is 101 Å². The van der Waals surface area contributed by atoms with E-state index in [-0.39, 0.29) is 12.2 Å². The third-order valence-electron chi connectivity index (χ3n) is 2.47. The summed E-state index contributed by atoms with van der Waals surface area (Å²) in [6, 6.07) is 5.34. The minimum atomic E-state index is -4.37. The summed E-state index contributed by atoms with van der Waals surface area (Å²) in [5.74, 6) is 0.562. The van der Waals surface area contributed by atoms with Crippen LogP contribution in [0.2, 0.25) is 0 Å². The van der Waals surface area contributed by atoms with Crippen LogP contribution in [0.4, 0.5) is 18.9 Å². The Morgan fingerprint density at radius 2 is 2.00 bits per heavy atom. The van der Waals surface area contributed by atoms with E-state index in [1.54, 1.807) is 17.7 Å². The molecule has 96 valence electrons. The van der Waals surface area contributed by atoms with Crippen molar-refractivity contribution in [1.82, 2.24) is 14.8 Å². The van der Waals surface area contributed by atoms with E-state index in [9.17, 15) is 13.2 Å². The number of para-hydroxylation sites is 1. The van der Waals surface area contributed by atoms with Gasteiger partial charge in [-0.25, -0.2) is 0 Å². The van der Waals surface area contributed by atoms with Crippen molar-refractivity contribution in [2.24, 2.45) is 7.05 Å². The number of aryl methyl sites for hydroxylation is 1. The highest BCUT2D eigenvalue weighted by atomic mass is 19.4. The van der Waals surface area contributed by atoms with Crippen LogP contribution in [-0.4, -0.2) is 14.8 Å². The van der Waals surface area contributed by atoms with E-state index in [4.69, 9.17) is 0 Å². The summed E-state index contributed by atoms with van der Waals surface area (Å²) >= 11 is 0. The van der Waals surface area contributed by atoms with E-state index in [0.29, 0.717) is 5.82 Å². The van der Waals surface area contributed by atoms with E-state index in [2.05, 4.69) is 15.5 Å². The normalized spacial score (nSPS) is 11.6. The predicted molar refractivity (Wildman–Crippen MR) is 59.8 cm³/mol. The third-order valence-corrected chi connectivity index (χ3v) is 2.47. The standard InChI is InChI=1S/C11H11F3N4/c1-18-7-16-17-10(18)6-15-9-5-3-2-4-8(9)11(12,13)14/h2-5,7,15H,6H2,1H3. The molecule has 4 nitrogen and oxygen atoms in total. The summed E-state index contributed by atoms with van der Waals surface area (Å²) in [5.41, 5.74) is -0.653. The number of rotatable bonds is 3. The van der Waals surface area contributed by atoms with Crippen molar-refractivity contribution in [2.75, 3.05) is 5.32 Å². The molecule has 2 aromatic rings. The second-order valence-electron chi connectivity index (χ2n) is 3.75. The molecule has 0 saturated heterocycles. The van der Waals surface area contributed by atoms with E-state index in [0.717, 1.165) is 6.07 Å². The molecule has 7 heteroatoms. The maximum atomic E-state index is 12.7. The van der Waals surface area contributed by atoms with Gasteiger partial charge in [0.1, 0.15) is 6.33 Å². The summed E-state index contributed by atoms with van der Waals surface area (Å²) in [7, 11) is 1.73. The number of halogens is 3. The van der Waals surface area contributed by atoms with Crippen LogP contribution in [0, 0.1) is 0 Å². The Bertz CT molecular complexity index is 533. The summed E-state index contributed by atoms with van der Waals surface area (Å²) in [5, 5.41) is 10.2. The molecule has 0 saturated carbocycles. The number of hydrogen-bond acceptors (Lipinski definition) is 3. The van der Waals surface area contributed by atoms with Crippen LogP contribution in [0.15, 0.2) is 30.6 Å². The molecule has 1 N–H and O–H groups in total. The minimum Gasteiger partial charge on any atom is -0.377 e. The summed E-state index contributed by atoms with van der Waals surface area (Å²) < 4.78 is 39.8. The van der Waals surface area contributed by atoms with E-state index < -0.39 is 11.7 Å². The van der Waals surface area contributed by atoms with Crippen molar-refractivity contribution in [3.8, 4) is 0 Å². The number of nitrogens with one attached hydrogen (secondary N) is 1. The minimum absolute atomic E-state index is 0.0352. The second-order valence-corrected chi connectivity index (χ2v) is 3.75. The maximum absolute atomic E-state index is 12.7. The van der Waals surface area contributed by atoms with Crippen LogP contribution in [0.25, 0.3) is 0 Å². The zero-order valence-corrected chi connectivity index (χ0v) is 9.57. The molecule has 18 heavy (non-hydrogen) atoms. The lowest BCUT2D eigenvalue weighted by molar-refractivity contribution is -0.136. The Hall–Kier alpha value is -2.05. The molecule has 0 aliphatic carbocycles. The van der Waals surface area contributed by atoms with Gasteiger partial charge in [-0.15, -0.1) is 10.2 Å². The molecule has 0 aliphatic heterocycles. The molecular weight excluding hydrogens is 245 g/mol. The molecule has 0 atom stereocenters. The Kier molecular flexibility index (Phi) is 3.22. The number of alkyl halides is 3. The first-order valence-corrected chi connectivity index (χ1v) is 5.21. The molecule has 0 bridgehead atoms. The molecule has 2 rings (SSSR count). The summed E-state index contributed by atoms with van der Waals surface area (Å²) in [6.45, 7) is 0.184. The lowest BCUT2D eigenvalue weighted by Crippen LogP contribution is -2.12. The van der Waals surface area contributed by atoms with Gasteiger partial charge in [-0.1, -0.05) is 12.1 Å². The van der Waals surface area contributed by atoms with Gasteiger partial charge in [-0.3, -0.25) is 0 Å². The third kappa shape index (κ3) is 2.61. The molecule has 0 fully saturated rings. The van der Waals surface area contributed by atoms with Gasteiger partial charge >= 0.3 is 6.18 Å². The fourth-order valence-electron chi connectivity index (χ4n) is 1.53. The highest BCUT2D eigenvalue weighted by Gasteiger charge is 2.33. The van der Waals surface area contributed by atoms with Gasteiger partial charge in [0.25, 0.3) is 0 Å². The smallest absolute Gasteiger partial charge is 0.377 e. The van der Waals surface area contributed by atoms with Gasteiger partial charge in [-0.2, -0.15) is 13.2 Å². The Balaban J connectivity index is 2.17. The first-order valence-electron chi connectivity index (χ1n) is 5.21. The molecule has 1 heterocycles. The van der Waals surface area contributed by atoms with Gasteiger partial charge in [0.05, 0.1) is 12.1 Å². The fourth-order valence-corrected chi connectivity index (χ4v) is 1.53. The Morgan fingerprint density at radius 3 is 2.61 bits per heavy atom. The summed E-state index contributed by atoms with van der Waals surface area (Å²) in [4.78, 5) is 0. The van der Waals surface area contributed by atoms with Crippen molar-refractivity contribution in [2.45, 2.75) is 12.7 Å². The van der Waals surface area contributed by atoms with Gasteiger partial charge in [0.2, 0.25) is 0 Å². The molecule has 0 spiro atoms. The highest BCUT2D eigenvalue weighted by Crippen LogP contribution is 2.34. The van der Waals surface area contributed by atoms with Gasteiger partial charge < -0.3 is 9.88 Å². The molecule has 0 aliphatic rings. The number of nitrogens with zero attached hydrogens (tertiary/aromatic N) is 3. The van der Waals surface area contributed by atoms with Crippen LogP contribution >= 0.6 is 0 Å². The lowest BCUT2D eigenvalue weighted by atomic mass is 10.1. The number of anilines is 1. The molecule has 1 aromatic heterocycles. The van der Waals surface area contributed by atoms with E-state index in [1.165, 1.54) is 18.5 Å². The number of benzene rings is 1. The Morgan fingerprint density at radius 1 is 1.28 bits per heavy atom. The number of aromatic nitrogens is 3. The first-order chi connectivity index (χ1) is 8.48.